The number of nitrogens with zero attached hydrogens (tertiary/aromatic N) is 2. The minimum atomic E-state index is -4.20. The number of ether oxygens (including phenoxy) is 1. The standard InChI is InChI=1S/C31H37Cl2N3O5S/c1-5-22(4)34-31(38)29(6-2)35(20-26-27(32)14-11-15-28(26)33)30(37)21-36(23-12-9-8-10-13-23)42(39,40)25-18-16-24(17-19-25)41-7-3/h8-19,22,29H,5-7,20-21H2,1-4H3,(H,34,38)/t22-,29+/m0/s1. The van der Waals surface area contributed by atoms with Crippen molar-refractivity contribution in [3.8, 4) is 5.75 Å². The van der Waals surface area contributed by atoms with Crippen LogP contribution < -0.4 is 14.4 Å². The summed E-state index contributed by atoms with van der Waals surface area (Å²) in [7, 11) is -4.20. The van der Waals surface area contributed by atoms with Crippen molar-refractivity contribution in [2.24, 2.45) is 0 Å². The summed E-state index contributed by atoms with van der Waals surface area (Å²) in [6.07, 6.45) is 0.988. The van der Waals surface area contributed by atoms with Gasteiger partial charge in [0.15, 0.2) is 0 Å². The van der Waals surface area contributed by atoms with E-state index in [4.69, 9.17) is 27.9 Å². The first kappa shape index (κ1) is 33.2. The van der Waals surface area contributed by atoms with Crippen LogP contribution in [0.4, 0.5) is 5.69 Å². The molecule has 226 valence electrons. The van der Waals surface area contributed by atoms with Gasteiger partial charge in [-0.3, -0.25) is 13.9 Å². The molecular weight excluding hydrogens is 597 g/mol. The van der Waals surface area contributed by atoms with Crippen LogP contribution in [0.2, 0.25) is 10.0 Å². The first-order valence-electron chi connectivity index (χ1n) is 13.9. The van der Waals surface area contributed by atoms with Crippen molar-refractivity contribution >= 4 is 50.7 Å². The normalized spacial score (nSPS) is 12.7. The van der Waals surface area contributed by atoms with Crippen molar-refractivity contribution < 1.29 is 22.7 Å². The topological polar surface area (TPSA) is 96.0 Å². The summed E-state index contributed by atoms with van der Waals surface area (Å²) < 4.78 is 34.5. The van der Waals surface area contributed by atoms with Gasteiger partial charge in [0.05, 0.1) is 17.2 Å². The van der Waals surface area contributed by atoms with Crippen LogP contribution >= 0.6 is 23.2 Å². The quantitative estimate of drug-likeness (QED) is 0.224. The van der Waals surface area contributed by atoms with E-state index in [0.29, 0.717) is 40.1 Å². The van der Waals surface area contributed by atoms with Gasteiger partial charge in [0, 0.05) is 28.2 Å². The summed E-state index contributed by atoms with van der Waals surface area (Å²) in [4.78, 5) is 28.9. The number of nitrogens with one attached hydrogen (secondary N) is 1. The van der Waals surface area contributed by atoms with Gasteiger partial charge in [-0.15, -0.1) is 0 Å². The second-order valence-electron chi connectivity index (χ2n) is 9.72. The second-order valence-corrected chi connectivity index (χ2v) is 12.4. The van der Waals surface area contributed by atoms with Crippen LogP contribution in [-0.2, 0) is 26.2 Å². The minimum absolute atomic E-state index is 0.00939. The summed E-state index contributed by atoms with van der Waals surface area (Å²) in [5, 5.41) is 3.61. The highest BCUT2D eigenvalue weighted by atomic mass is 35.5. The lowest BCUT2D eigenvalue weighted by molar-refractivity contribution is -0.140. The SMILES string of the molecule is CCOc1ccc(S(=O)(=O)N(CC(=O)N(Cc2c(Cl)cccc2Cl)[C@H](CC)C(=O)N[C@@H](C)CC)c2ccccc2)cc1. The molecule has 3 aromatic carbocycles. The number of hydrogen-bond acceptors (Lipinski definition) is 5. The number of carbonyl (C=O) groups is 2. The van der Waals surface area contributed by atoms with Gasteiger partial charge >= 0.3 is 0 Å². The fourth-order valence-corrected chi connectivity index (χ4v) is 6.27. The molecular formula is C31H37Cl2N3O5S. The van der Waals surface area contributed by atoms with Crippen molar-refractivity contribution in [2.75, 3.05) is 17.5 Å². The molecule has 2 atom stereocenters. The van der Waals surface area contributed by atoms with Crippen LogP contribution in [0.15, 0.2) is 77.7 Å². The molecule has 8 nitrogen and oxygen atoms in total. The van der Waals surface area contributed by atoms with E-state index in [0.717, 1.165) is 4.31 Å². The fraction of sp³-hybridized carbons (Fsp3) is 0.355. The molecule has 1 N–H and O–H groups in total. The molecule has 0 aliphatic carbocycles. The molecule has 3 rings (SSSR count). The number of carbonyl (C=O) groups excluding carboxylic acids is 2. The lowest BCUT2D eigenvalue weighted by atomic mass is 10.1. The molecule has 0 spiro atoms. The van der Waals surface area contributed by atoms with Crippen LogP contribution in [0.3, 0.4) is 0 Å². The monoisotopic (exact) mass is 633 g/mol. The Bertz CT molecular complexity index is 1430. The second kappa shape index (κ2) is 15.3. The van der Waals surface area contributed by atoms with E-state index in [2.05, 4.69) is 5.32 Å². The molecule has 0 radical (unpaired) electrons. The summed E-state index contributed by atoms with van der Waals surface area (Å²) in [6.45, 7) is 7.24. The van der Waals surface area contributed by atoms with Crippen LogP contribution in [0.25, 0.3) is 0 Å². The van der Waals surface area contributed by atoms with Gasteiger partial charge in [0.1, 0.15) is 18.3 Å². The number of halogens is 2. The highest BCUT2D eigenvalue weighted by Crippen LogP contribution is 2.29. The van der Waals surface area contributed by atoms with Gasteiger partial charge in [-0.2, -0.15) is 0 Å². The Labute approximate surface area is 258 Å². The Morgan fingerprint density at radius 3 is 2.05 bits per heavy atom. The summed E-state index contributed by atoms with van der Waals surface area (Å²) in [6, 6.07) is 18.4. The Morgan fingerprint density at radius 1 is 0.881 bits per heavy atom. The Balaban J connectivity index is 2.06. The molecule has 11 heteroatoms. The first-order valence-corrected chi connectivity index (χ1v) is 16.1. The highest BCUT2D eigenvalue weighted by Gasteiger charge is 2.34. The predicted octanol–water partition coefficient (Wildman–Crippen LogP) is 6.31. The molecule has 0 heterocycles. The average molecular weight is 635 g/mol. The summed E-state index contributed by atoms with van der Waals surface area (Å²) in [5.41, 5.74) is 0.761. The molecule has 0 aliphatic heterocycles. The number of sulfonamides is 1. The van der Waals surface area contributed by atoms with Crippen molar-refractivity contribution in [3.05, 3.63) is 88.4 Å². The maximum Gasteiger partial charge on any atom is 0.264 e. The number of anilines is 1. The van der Waals surface area contributed by atoms with Crippen molar-refractivity contribution in [3.63, 3.8) is 0 Å². The van der Waals surface area contributed by atoms with Crippen molar-refractivity contribution in [1.82, 2.24) is 10.2 Å². The van der Waals surface area contributed by atoms with Crippen LogP contribution in [0, 0.1) is 0 Å². The Hall–Kier alpha value is -3.27. The molecule has 0 fully saturated rings. The lowest BCUT2D eigenvalue weighted by Crippen LogP contribution is -2.53. The molecule has 3 aromatic rings. The zero-order chi connectivity index (χ0) is 30.9. The third kappa shape index (κ3) is 8.18. The molecule has 2 amide bonds. The Morgan fingerprint density at radius 2 is 1.50 bits per heavy atom. The van der Waals surface area contributed by atoms with Gasteiger partial charge in [-0.1, -0.05) is 61.3 Å². The smallest absolute Gasteiger partial charge is 0.264 e. The third-order valence-electron chi connectivity index (χ3n) is 6.82. The Kier molecular flexibility index (Phi) is 12.1. The van der Waals surface area contributed by atoms with Gasteiger partial charge in [0.25, 0.3) is 10.0 Å². The number of amides is 2. The molecule has 0 saturated carbocycles. The zero-order valence-corrected chi connectivity index (χ0v) is 26.5. The third-order valence-corrected chi connectivity index (χ3v) is 9.32. The predicted molar refractivity (Wildman–Crippen MR) is 168 cm³/mol. The number of hydrogen-bond donors (Lipinski definition) is 1. The molecule has 0 unspecified atom stereocenters. The van der Waals surface area contributed by atoms with Crippen molar-refractivity contribution in [2.45, 2.75) is 64.1 Å². The fourth-order valence-electron chi connectivity index (χ4n) is 4.34. The molecule has 0 aliphatic rings. The van der Waals surface area contributed by atoms with Crippen LogP contribution in [0.5, 0.6) is 5.75 Å². The maximum absolute atomic E-state index is 14.2. The summed E-state index contributed by atoms with van der Waals surface area (Å²) in [5.74, 6) is -0.404. The number of rotatable bonds is 14. The van der Waals surface area contributed by atoms with Crippen molar-refractivity contribution in [1.29, 1.82) is 0 Å². The molecule has 42 heavy (non-hydrogen) atoms. The number of benzene rings is 3. The van der Waals surface area contributed by atoms with Gasteiger partial charge < -0.3 is 15.0 Å². The van der Waals surface area contributed by atoms with Gasteiger partial charge in [-0.05, 0) is 75.2 Å². The molecule has 0 aromatic heterocycles. The zero-order valence-electron chi connectivity index (χ0n) is 24.2. The maximum atomic E-state index is 14.2. The largest absolute Gasteiger partial charge is 0.494 e. The summed E-state index contributed by atoms with van der Waals surface area (Å²) >= 11 is 12.9. The average Bonchev–Trinajstić information content (AvgIpc) is 2.97. The first-order chi connectivity index (χ1) is 20.0. The number of para-hydroxylation sites is 1. The molecule has 0 bridgehead atoms. The minimum Gasteiger partial charge on any atom is -0.494 e. The van der Waals surface area contributed by atoms with Gasteiger partial charge in [0.2, 0.25) is 11.8 Å². The molecule has 0 saturated heterocycles. The van der Waals surface area contributed by atoms with Crippen LogP contribution in [-0.4, -0.2) is 50.4 Å². The van der Waals surface area contributed by atoms with E-state index in [-0.39, 0.29) is 29.8 Å². The van der Waals surface area contributed by atoms with E-state index in [9.17, 15) is 18.0 Å². The van der Waals surface area contributed by atoms with E-state index in [1.165, 1.54) is 17.0 Å². The van der Waals surface area contributed by atoms with Crippen LogP contribution in [0.1, 0.15) is 46.1 Å². The van der Waals surface area contributed by atoms with E-state index in [1.54, 1.807) is 67.6 Å². The van der Waals surface area contributed by atoms with E-state index >= 15 is 0 Å². The lowest BCUT2D eigenvalue weighted by Gasteiger charge is -2.34. The van der Waals surface area contributed by atoms with Gasteiger partial charge in [-0.25, -0.2) is 8.42 Å². The van der Waals surface area contributed by atoms with E-state index in [1.807, 2.05) is 20.8 Å². The highest BCUT2D eigenvalue weighted by molar-refractivity contribution is 7.92. The van der Waals surface area contributed by atoms with E-state index < -0.39 is 28.5 Å².